The van der Waals surface area contributed by atoms with Crippen LogP contribution in [0.1, 0.15) is 43.8 Å². The third-order valence-corrected chi connectivity index (χ3v) is 7.72. The van der Waals surface area contributed by atoms with Gasteiger partial charge in [0.15, 0.2) is 10.8 Å². The second-order valence-corrected chi connectivity index (χ2v) is 9.29. The highest BCUT2D eigenvalue weighted by Gasteiger charge is 2.29. The van der Waals surface area contributed by atoms with Crippen molar-refractivity contribution in [3.63, 3.8) is 0 Å². The highest BCUT2D eigenvalue weighted by atomic mass is 79.9. The molecule has 0 aliphatic carbocycles. The fourth-order valence-electron chi connectivity index (χ4n) is 3.81. The lowest BCUT2D eigenvalue weighted by Gasteiger charge is -2.28. The minimum atomic E-state index is -0.439. The van der Waals surface area contributed by atoms with Gasteiger partial charge in [-0.15, -0.1) is 0 Å². The van der Waals surface area contributed by atoms with Crippen LogP contribution in [0.15, 0.2) is 10.7 Å². The van der Waals surface area contributed by atoms with Gasteiger partial charge in [0.05, 0.1) is 37.2 Å². The first-order chi connectivity index (χ1) is 13.9. The van der Waals surface area contributed by atoms with Gasteiger partial charge in [0.1, 0.15) is 4.60 Å². The SMILES string of the molecule is [B]C(CC)(CC)c1cc(C)nc2c(-c3sc(N4CCOCC4)nc3Br)c(C)nn12. The van der Waals surface area contributed by atoms with Gasteiger partial charge in [-0.3, -0.25) is 0 Å². The summed E-state index contributed by atoms with van der Waals surface area (Å²) in [5.74, 6) is 0. The Morgan fingerprint density at radius 3 is 2.55 bits per heavy atom. The Labute approximate surface area is 185 Å². The number of ether oxygens (including phenoxy) is 1. The van der Waals surface area contributed by atoms with E-state index in [2.05, 4.69) is 40.7 Å². The lowest BCUT2D eigenvalue weighted by molar-refractivity contribution is 0.122. The predicted octanol–water partition coefficient (Wildman–Crippen LogP) is 4.25. The molecule has 4 rings (SSSR count). The summed E-state index contributed by atoms with van der Waals surface area (Å²) in [6.07, 6.45) is 1.67. The largest absolute Gasteiger partial charge is 0.378 e. The van der Waals surface area contributed by atoms with E-state index in [0.717, 1.165) is 82.0 Å². The zero-order valence-electron chi connectivity index (χ0n) is 17.3. The van der Waals surface area contributed by atoms with Crippen molar-refractivity contribution in [3.05, 3.63) is 27.8 Å². The predicted molar refractivity (Wildman–Crippen MR) is 122 cm³/mol. The summed E-state index contributed by atoms with van der Waals surface area (Å²) < 4.78 is 8.24. The van der Waals surface area contributed by atoms with Crippen molar-refractivity contribution in [2.75, 3.05) is 31.2 Å². The molecule has 0 bridgehead atoms. The highest BCUT2D eigenvalue weighted by Crippen LogP contribution is 2.42. The second kappa shape index (κ2) is 8.00. The lowest BCUT2D eigenvalue weighted by Crippen LogP contribution is -2.36. The summed E-state index contributed by atoms with van der Waals surface area (Å²) in [4.78, 5) is 13.0. The Morgan fingerprint density at radius 1 is 1.21 bits per heavy atom. The molecule has 9 heteroatoms. The van der Waals surface area contributed by atoms with E-state index in [0.29, 0.717) is 0 Å². The quantitative estimate of drug-likeness (QED) is 0.518. The van der Waals surface area contributed by atoms with E-state index in [1.807, 2.05) is 18.4 Å². The number of hydrogen-bond acceptors (Lipinski definition) is 6. The number of aromatic nitrogens is 4. The number of aryl methyl sites for hydroxylation is 2. The molecular weight excluding hydrogens is 449 g/mol. The molecule has 29 heavy (non-hydrogen) atoms. The molecule has 0 aromatic carbocycles. The van der Waals surface area contributed by atoms with E-state index in [4.69, 9.17) is 27.6 Å². The molecule has 1 aliphatic heterocycles. The van der Waals surface area contributed by atoms with E-state index in [1.54, 1.807) is 11.3 Å². The van der Waals surface area contributed by atoms with Gasteiger partial charge in [-0.05, 0) is 41.2 Å². The molecule has 0 atom stereocenters. The van der Waals surface area contributed by atoms with Gasteiger partial charge in [0.25, 0.3) is 0 Å². The number of anilines is 1. The molecule has 2 radical (unpaired) electrons. The van der Waals surface area contributed by atoms with Crippen LogP contribution in [-0.2, 0) is 10.1 Å². The summed E-state index contributed by atoms with van der Waals surface area (Å²) in [6, 6.07) is 2.07. The Balaban J connectivity index is 1.88. The number of halogens is 1. The van der Waals surface area contributed by atoms with Crippen molar-refractivity contribution in [3.8, 4) is 10.4 Å². The molecule has 3 aromatic rings. The van der Waals surface area contributed by atoms with Gasteiger partial charge >= 0.3 is 0 Å². The molecule has 152 valence electrons. The van der Waals surface area contributed by atoms with E-state index in [1.165, 1.54) is 0 Å². The fourth-order valence-corrected chi connectivity index (χ4v) is 5.64. The van der Waals surface area contributed by atoms with Crippen LogP contribution < -0.4 is 4.90 Å². The van der Waals surface area contributed by atoms with Crippen molar-refractivity contribution < 1.29 is 4.74 Å². The topological polar surface area (TPSA) is 55.5 Å². The summed E-state index contributed by atoms with van der Waals surface area (Å²) in [5.41, 5.74) is 4.74. The average molecular weight is 474 g/mol. The van der Waals surface area contributed by atoms with Crippen LogP contribution in [0.4, 0.5) is 5.13 Å². The van der Waals surface area contributed by atoms with Crippen molar-refractivity contribution in [2.45, 2.75) is 45.9 Å². The molecule has 4 heterocycles. The van der Waals surface area contributed by atoms with Gasteiger partial charge in [-0.25, -0.2) is 14.5 Å². The maximum absolute atomic E-state index is 6.76. The lowest BCUT2D eigenvalue weighted by atomic mass is 9.62. The molecule has 0 spiro atoms. The number of nitrogens with zero attached hydrogens (tertiary/aromatic N) is 5. The van der Waals surface area contributed by atoms with Crippen LogP contribution in [0.2, 0.25) is 0 Å². The monoisotopic (exact) mass is 473 g/mol. The van der Waals surface area contributed by atoms with E-state index in [-0.39, 0.29) is 0 Å². The maximum atomic E-state index is 6.76. The molecule has 0 amide bonds. The number of thiazole rings is 1. The first kappa shape index (κ1) is 20.8. The minimum absolute atomic E-state index is 0.439. The highest BCUT2D eigenvalue weighted by molar-refractivity contribution is 9.10. The molecule has 0 unspecified atom stereocenters. The standard InChI is InChI=1S/C20H25BBrN5OS/c1-5-20(21,6-2)14-11-12(3)23-18-15(13(4)25-27(14)18)16-17(22)24-19(29-16)26-7-9-28-10-8-26/h11H,5-10H2,1-4H3. The minimum Gasteiger partial charge on any atom is -0.378 e. The van der Waals surface area contributed by atoms with Crippen LogP contribution in [0.3, 0.4) is 0 Å². The van der Waals surface area contributed by atoms with Crippen LogP contribution in [0.25, 0.3) is 16.1 Å². The van der Waals surface area contributed by atoms with Crippen LogP contribution in [-0.4, -0.2) is 53.7 Å². The van der Waals surface area contributed by atoms with Crippen molar-refractivity contribution >= 4 is 45.9 Å². The molecule has 1 fully saturated rings. The molecule has 1 saturated heterocycles. The third kappa shape index (κ3) is 3.61. The van der Waals surface area contributed by atoms with Crippen LogP contribution in [0.5, 0.6) is 0 Å². The van der Waals surface area contributed by atoms with E-state index < -0.39 is 5.31 Å². The number of fused-ring (bicyclic) bond motifs is 1. The zero-order valence-corrected chi connectivity index (χ0v) is 19.7. The van der Waals surface area contributed by atoms with Crippen molar-refractivity contribution in [1.29, 1.82) is 0 Å². The molecular formula is C20H25BBrN5OS. The van der Waals surface area contributed by atoms with Gasteiger partial charge in [-0.1, -0.05) is 38.0 Å². The number of rotatable bonds is 5. The average Bonchev–Trinajstić information content (AvgIpc) is 3.26. The molecule has 0 saturated carbocycles. The van der Waals surface area contributed by atoms with E-state index in [9.17, 15) is 0 Å². The molecule has 0 N–H and O–H groups in total. The Morgan fingerprint density at radius 2 is 1.90 bits per heavy atom. The Kier molecular flexibility index (Phi) is 5.74. The van der Waals surface area contributed by atoms with Gasteiger partial charge in [-0.2, -0.15) is 5.10 Å². The smallest absolute Gasteiger partial charge is 0.187 e. The van der Waals surface area contributed by atoms with Gasteiger partial charge < -0.3 is 9.64 Å². The Bertz CT molecular complexity index is 1040. The van der Waals surface area contributed by atoms with Gasteiger partial charge in [0, 0.05) is 24.5 Å². The van der Waals surface area contributed by atoms with Gasteiger partial charge in [0.2, 0.25) is 0 Å². The summed E-state index contributed by atoms with van der Waals surface area (Å²) in [7, 11) is 6.76. The number of morpholine rings is 1. The summed E-state index contributed by atoms with van der Waals surface area (Å²) >= 11 is 5.35. The van der Waals surface area contributed by atoms with E-state index >= 15 is 0 Å². The molecule has 3 aromatic heterocycles. The van der Waals surface area contributed by atoms with Crippen molar-refractivity contribution in [2.24, 2.45) is 0 Å². The first-order valence-corrected chi connectivity index (χ1v) is 11.6. The molecule has 6 nitrogen and oxygen atoms in total. The third-order valence-electron chi connectivity index (χ3n) is 5.75. The Hall–Kier alpha value is -1.45. The second-order valence-electron chi connectivity index (χ2n) is 7.56. The first-order valence-electron chi connectivity index (χ1n) is 10.0. The van der Waals surface area contributed by atoms with Crippen LogP contribution in [0, 0.1) is 13.8 Å². The molecule has 1 aliphatic rings. The summed E-state index contributed by atoms with van der Waals surface area (Å²) in [6.45, 7) is 11.5. The normalized spacial score (nSPS) is 15.4. The zero-order chi connectivity index (χ0) is 20.8. The summed E-state index contributed by atoms with van der Waals surface area (Å²) in [5, 5.41) is 5.41. The van der Waals surface area contributed by atoms with Crippen LogP contribution >= 0.6 is 27.3 Å². The maximum Gasteiger partial charge on any atom is 0.187 e. The number of hydrogen-bond donors (Lipinski definition) is 0. The van der Waals surface area contributed by atoms with Crippen molar-refractivity contribution in [1.82, 2.24) is 19.6 Å². The fraction of sp³-hybridized carbons (Fsp3) is 0.550.